The lowest BCUT2D eigenvalue weighted by Gasteiger charge is -2.18. The molecule has 1 fully saturated rings. The Bertz CT molecular complexity index is 903. The SMILES string of the molecule is Cc1ccc(-n2nc(C(C)(C)C)cc2NC(=O)CN(C)C(=O)CCC2CCCC2)cc1. The van der Waals surface area contributed by atoms with Crippen LogP contribution in [-0.2, 0) is 15.0 Å². The first-order chi connectivity index (χ1) is 14.6. The molecule has 6 heteroatoms. The number of hydrogen-bond acceptors (Lipinski definition) is 3. The molecule has 1 aliphatic rings. The van der Waals surface area contributed by atoms with Gasteiger partial charge in [0.2, 0.25) is 11.8 Å². The summed E-state index contributed by atoms with van der Waals surface area (Å²) >= 11 is 0. The first-order valence-corrected chi connectivity index (χ1v) is 11.3. The maximum atomic E-state index is 12.7. The molecule has 0 bridgehead atoms. The minimum atomic E-state index is -0.217. The molecule has 1 aliphatic carbocycles. The average Bonchev–Trinajstić information content (AvgIpc) is 3.36. The molecule has 1 aromatic carbocycles. The Hall–Kier alpha value is -2.63. The summed E-state index contributed by atoms with van der Waals surface area (Å²) in [6.45, 7) is 8.36. The van der Waals surface area contributed by atoms with Gasteiger partial charge < -0.3 is 10.2 Å². The number of nitrogens with one attached hydrogen (secondary N) is 1. The molecule has 3 rings (SSSR count). The zero-order valence-electron chi connectivity index (χ0n) is 19.6. The molecule has 31 heavy (non-hydrogen) atoms. The molecule has 2 aromatic rings. The van der Waals surface area contributed by atoms with E-state index < -0.39 is 0 Å². The lowest BCUT2D eigenvalue weighted by atomic mass is 9.92. The van der Waals surface area contributed by atoms with Gasteiger partial charge in [-0.05, 0) is 31.4 Å². The molecule has 0 radical (unpaired) electrons. The number of likely N-dealkylation sites (N-methyl/N-ethyl adjacent to an activating group) is 1. The summed E-state index contributed by atoms with van der Waals surface area (Å²) < 4.78 is 1.76. The maximum absolute atomic E-state index is 12.7. The molecule has 1 N–H and O–H groups in total. The summed E-state index contributed by atoms with van der Waals surface area (Å²) in [7, 11) is 1.70. The van der Waals surface area contributed by atoms with Gasteiger partial charge in [-0.15, -0.1) is 0 Å². The zero-order chi connectivity index (χ0) is 22.6. The van der Waals surface area contributed by atoms with Crippen LogP contribution in [0.1, 0.15) is 70.6 Å². The lowest BCUT2D eigenvalue weighted by Crippen LogP contribution is -2.35. The number of carbonyl (C=O) groups excluding carboxylic acids is 2. The monoisotopic (exact) mass is 424 g/mol. The fourth-order valence-corrected chi connectivity index (χ4v) is 4.02. The predicted octanol–water partition coefficient (Wildman–Crippen LogP) is 4.85. The predicted molar refractivity (Wildman–Crippen MR) is 124 cm³/mol. The van der Waals surface area contributed by atoms with Gasteiger partial charge in [-0.1, -0.05) is 64.2 Å². The van der Waals surface area contributed by atoms with E-state index in [4.69, 9.17) is 5.10 Å². The second-order valence-corrected chi connectivity index (χ2v) is 9.90. The fraction of sp³-hybridized carbons (Fsp3) is 0.560. The van der Waals surface area contributed by atoms with Crippen molar-refractivity contribution >= 4 is 17.6 Å². The van der Waals surface area contributed by atoms with Crippen LogP contribution in [0, 0.1) is 12.8 Å². The maximum Gasteiger partial charge on any atom is 0.245 e. The van der Waals surface area contributed by atoms with Crippen LogP contribution in [0.15, 0.2) is 30.3 Å². The molecule has 168 valence electrons. The van der Waals surface area contributed by atoms with Crippen LogP contribution in [0.3, 0.4) is 0 Å². The zero-order valence-corrected chi connectivity index (χ0v) is 19.6. The van der Waals surface area contributed by atoms with Crippen molar-refractivity contribution in [1.82, 2.24) is 14.7 Å². The van der Waals surface area contributed by atoms with Crippen molar-refractivity contribution in [2.45, 2.75) is 71.6 Å². The van der Waals surface area contributed by atoms with Crippen molar-refractivity contribution < 1.29 is 9.59 Å². The number of aromatic nitrogens is 2. The van der Waals surface area contributed by atoms with Crippen LogP contribution in [0.5, 0.6) is 0 Å². The number of amides is 2. The highest BCUT2D eigenvalue weighted by atomic mass is 16.2. The number of aryl methyl sites for hydroxylation is 1. The minimum Gasteiger partial charge on any atom is -0.336 e. The van der Waals surface area contributed by atoms with E-state index >= 15 is 0 Å². The summed E-state index contributed by atoms with van der Waals surface area (Å²) in [5, 5.41) is 7.71. The largest absolute Gasteiger partial charge is 0.336 e. The van der Waals surface area contributed by atoms with Gasteiger partial charge in [0.05, 0.1) is 17.9 Å². The highest BCUT2D eigenvalue weighted by Gasteiger charge is 2.23. The van der Waals surface area contributed by atoms with E-state index in [9.17, 15) is 9.59 Å². The van der Waals surface area contributed by atoms with Gasteiger partial charge in [-0.25, -0.2) is 4.68 Å². The number of anilines is 1. The molecule has 0 saturated heterocycles. The highest BCUT2D eigenvalue weighted by molar-refractivity contribution is 5.94. The molecule has 0 spiro atoms. The van der Waals surface area contributed by atoms with Crippen LogP contribution < -0.4 is 5.32 Å². The molecule has 1 heterocycles. The van der Waals surface area contributed by atoms with Gasteiger partial charge in [0.1, 0.15) is 5.82 Å². The molecular formula is C25H36N4O2. The summed E-state index contributed by atoms with van der Waals surface area (Å²) in [6.07, 6.45) is 6.47. The molecule has 6 nitrogen and oxygen atoms in total. The summed E-state index contributed by atoms with van der Waals surface area (Å²) in [5.41, 5.74) is 2.79. The Morgan fingerprint density at radius 2 is 1.81 bits per heavy atom. The average molecular weight is 425 g/mol. The molecular weight excluding hydrogens is 388 g/mol. The fourth-order valence-electron chi connectivity index (χ4n) is 4.02. The van der Waals surface area contributed by atoms with E-state index in [1.165, 1.54) is 30.6 Å². The van der Waals surface area contributed by atoms with Crippen molar-refractivity contribution in [3.8, 4) is 5.69 Å². The van der Waals surface area contributed by atoms with Gasteiger partial charge in [0, 0.05) is 24.9 Å². The number of hydrogen-bond donors (Lipinski definition) is 1. The van der Waals surface area contributed by atoms with E-state index in [2.05, 4.69) is 26.1 Å². The van der Waals surface area contributed by atoms with E-state index in [1.54, 1.807) is 11.7 Å². The third-order valence-corrected chi connectivity index (χ3v) is 6.07. The number of rotatable bonds is 7. The Labute approximate surface area is 186 Å². The number of carbonyl (C=O) groups is 2. The van der Waals surface area contributed by atoms with E-state index in [0.717, 1.165) is 23.4 Å². The topological polar surface area (TPSA) is 67.2 Å². The Morgan fingerprint density at radius 1 is 1.16 bits per heavy atom. The normalized spacial score (nSPS) is 14.6. The smallest absolute Gasteiger partial charge is 0.245 e. The van der Waals surface area contributed by atoms with E-state index in [0.29, 0.717) is 18.2 Å². The Kier molecular flexibility index (Phi) is 7.19. The van der Waals surface area contributed by atoms with Gasteiger partial charge in [0.25, 0.3) is 0 Å². The van der Waals surface area contributed by atoms with Gasteiger partial charge in [-0.3, -0.25) is 9.59 Å². The molecule has 2 amide bonds. The van der Waals surface area contributed by atoms with Crippen LogP contribution >= 0.6 is 0 Å². The van der Waals surface area contributed by atoms with E-state index in [-0.39, 0.29) is 23.8 Å². The van der Waals surface area contributed by atoms with Crippen molar-refractivity contribution in [3.63, 3.8) is 0 Å². The van der Waals surface area contributed by atoms with Crippen LogP contribution in [0.2, 0.25) is 0 Å². The van der Waals surface area contributed by atoms with Crippen molar-refractivity contribution in [2.24, 2.45) is 5.92 Å². The van der Waals surface area contributed by atoms with Crippen LogP contribution in [0.4, 0.5) is 5.82 Å². The molecule has 1 aromatic heterocycles. The first-order valence-electron chi connectivity index (χ1n) is 11.3. The third-order valence-electron chi connectivity index (χ3n) is 6.07. The first kappa shape index (κ1) is 23.0. The molecule has 0 atom stereocenters. The molecule has 0 unspecified atom stereocenters. The van der Waals surface area contributed by atoms with Gasteiger partial charge in [0.15, 0.2) is 0 Å². The lowest BCUT2D eigenvalue weighted by molar-refractivity contribution is -0.133. The standard InChI is InChI=1S/C25H36N4O2/c1-18-10-13-20(14-11-18)29-22(16-21(27-29)25(2,3)4)26-23(30)17-28(5)24(31)15-12-19-8-6-7-9-19/h10-11,13-14,16,19H,6-9,12,15,17H2,1-5H3,(H,26,30). The van der Waals surface area contributed by atoms with E-state index in [1.807, 2.05) is 37.3 Å². The summed E-state index contributed by atoms with van der Waals surface area (Å²) in [5.74, 6) is 1.10. The van der Waals surface area contributed by atoms with Crippen LogP contribution in [-0.4, -0.2) is 40.1 Å². The minimum absolute atomic E-state index is 0.0319. The van der Waals surface area contributed by atoms with Crippen LogP contribution in [0.25, 0.3) is 5.69 Å². The highest BCUT2D eigenvalue weighted by Crippen LogP contribution is 2.29. The van der Waals surface area contributed by atoms with Gasteiger partial charge in [-0.2, -0.15) is 5.10 Å². The summed E-state index contributed by atoms with van der Waals surface area (Å²) in [4.78, 5) is 26.7. The van der Waals surface area contributed by atoms with Crippen molar-refractivity contribution in [2.75, 3.05) is 18.9 Å². The van der Waals surface area contributed by atoms with Crippen molar-refractivity contribution in [3.05, 3.63) is 41.6 Å². The van der Waals surface area contributed by atoms with Gasteiger partial charge >= 0.3 is 0 Å². The third kappa shape index (κ3) is 6.18. The molecule has 1 saturated carbocycles. The second kappa shape index (κ2) is 9.67. The molecule has 0 aliphatic heterocycles. The Morgan fingerprint density at radius 3 is 2.42 bits per heavy atom. The quantitative estimate of drug-likeness (QED) is 0.691. The second-order valence-electron chi connectivity index (χ2n) is 9.90. The number of nitrogens with zero attached hydrogens (tertiary/aromatic N) is 3. The van der Waals surface area contributed by atoms with Crippen molar-refractivity contribution in [1.29, 1.82) is 0 Å². The Balaban J connectivity index is 1.67. The summed E-state index contributed by atoms with van der Waals surface area (Å²) in [6, 6.07) is 9.94. The number of benzene rings is 1.